The molecule has 1 atom stereocenters. The minimum atomic E-state index is -0.683. The summed E-state index contributed by atoms with van der Waals surface area (Å²) < 4.78 is 22.1. The Kier molecular flexibility index (Phi) is 5.45. The van der Waals surface area contributed by atoms with Gasteiger partial charge in [0.25, 0.3) is 0 Å². The van der Waals surface area contributed by atoms with Gasteiger partial charge in [0, 0.05) is 5.56 Å². The van der Waals surface area contributed by atoms with Crippen molar-refractivity contribution in [3.05, 3.63) is 81.2 Å². The van der Waals surface area contributed by atoms with E-state index in [1.165, 1.54) is 30.6 Å². The first-order valence-electron chi connectivity index (χ1n) is 12.0. The van der Waals surface area contributed by atoms with E-state index in [-0.39, 0.29) is 34.1 Å². The molecule has 0 fully saturated rings. The molecular formula is C28H22FN5O4. The first kappa shape index (κ1) is 23.4. The smallest absolute Gasteiger partial charge is 0.200 e. The van der Waals surface area contributed by atoms with Crippen molar-refractivity contribution in [1.82, 2.24) is 19.7 Å². The Morgan fingerprint density at radius 3 is 2.66 bits per heavy atom. The fourth-order valence-electron chi connectivity index (χ4n) is 4.83. The summed E-state index contributed by atoms with van der Waals surface area (Å²) in [7, 11) is 0. The van der Waals surface area contributed by atoms with Crippen molar-refractivity contribution < 1.29 is 19.0 Å². The lowest BCUT2D eigenvalue weighted by molar-refractivity contribution is 0.397. The minimum absolute atomic E-state index is 0.163. The summed E-state index contributed by atoms with van der Waals surface area (Å²) in [5, 5.41) is 25.5. The molecule has 1 unspecified atom stereocenters. The van der Waals surface area contributed by atoms with E-state index in [1.807, 2.05) is 12.2 Å². The fraction of sp³-hybridized carbons (Fsp3) is 0.143. The third-order valence-electron chi connectivity index (χ3n) is 6.67. The van der Waals surface area contributed by atoms with E-state index in [1.54, 1.807) is 29.8 Å². The molecule has 0 spiro atoms. The Morgan fingerprint density at radius 2 is 1.87 bits per heavy atom. The molecule has 3 aromatic heterocycles. The maximum atomic E-state index is 14.3. The van der Waals surface area contributed by atoms with Crippen LogP contribution in [0.2, 0.25) is 0 Å². The highest BCUT2D eigenvalue weighted by Gasteiger charge is 2.27. The number of rotatable bonds is 4. The number of hydrogen-bond acceptors (Lipinski definition) is 8. The van der Waals surface area contributed by atoms with Crippen LogP contribution in [-0.2, 0) is 0 Å². The number of halogens is 1. The normalized spacial score (nSPS) is 13.5. The second kappa shape index (κ2) is 8.84. The summed E-state index contributed by atoms with van der Waals surface area (Å²) in [5.41, 5.74) is 8.25. The van der Waals surface area contributed by atoms with Crippen LogP contribution in [0, 0.1) is 5.82 Å². The van der Waals surface area contributed by atoms with Gasteiger partial charge in [0.05, 0.1) is 16.2 Å². The number of hydrogen-bond donors (Lipinski definition) is 3. The van der Waals surface area contributed by atoms with Crippen LogP contribution in [0.1, 0.15) is 31.6 Å². The van der Waals surface area contributed by atoms with Crippen LogP contribution in [0.3, 0.4) is 0 Å². The third kappa shape index (κ3) is 3.69. The zero-order chi connectivity index (χ0) is 26.6. The molecule has 1 aliphatic rings. The van der Waals surface area contributed by atoms with E-state index in [2.05, 4.69) is 9.97 Å². The van der Waals surface area contributed by atoms with Crippen molar-refractivity contribution >= 4 is 29.0 Å². The van der Waals surface area contributed by atoms with Crippen molar-refractivity contribution in [2.45, 2.75) is 25.8 Å². The van der Waals surface area contributed by atoms with Gasteiger partial charge in [0.2, 0.25) is 5.43 Å². The monoisotopic (exact) mass is 511 g/mol. The Bertz CT molecular complexity index is 1930. The maximum absolute atomic E-state index is 14.3. The topological polar surface area (TPSA) is 140 Å². The summed E-state index contributed by atoms with van der Waals surface area (Å²) in [6.07, 6.45) is 6.45. The van der Waals surface area contributed by atoms with E-state index >= 15 is 0 Å². The third-order valence-corrected chi connectivity index (χ3v) is 6.67. The molecule has 9 nitrogen and oxygen atoms in total. The lowest BCUT2D eigenvalue weighted by Gasteiger charge is -2.17. The van der Waals surface area contributed by atoms with E-state index in [0.717, 1.165) is 6.42 Å². The molecular weight excluding hydrogens is 489 g/mol. The lowest BCUT2D eigenvalue weighted by Crippen LogP contribution is -2.42. The predicted octanol–water partition coefficient (Wildman–Crippen LogP) is 3.21. The Hall–Kier alpha value is -4.99. The van der Waals surface area contributed by atoms with Crippen molar-refractivity contribution in [2.75, 3.05) is 5.73 Å². The quantitative estimate of drug-likeness (QED) is 0.313. The van der Waals surface area contributed by atoms with E-state index in [4.69, 9.17) is 15.2 Å². The minimum Gasteiger partial charge on any atom is -0.504 e. The molecule has 190 valence electrons. The van der Waals surface area contributed by atoms with Crippen molar-refractivity contribution in [3.63, 3.8) is 0 Å². The molecule has 0 saturated heterocycles. The highest BCUT2D eigenvalue weighted by atomic mass is 19.1. The molecule has 1 aliphatic carbocycles. The van der Waals surface area contributed by atoms with Crippen LogP contribution in [0.4, 0.5) is 10.2 Å². The zero-order valence-electron chi connectivity index (χ0n) is 20.2. The fourth-order valence-corrected chi connectivity index (χ4v) is 4.83. The Morgan fingerprint density at radius 1 is 1.05 bits per heavy atom. The van der Waals surface area contributed by atoms with Gasteiger partial charge < -0.3 is 20.4 Å². The molecule has 38 heavy (non-hydrogen) atoms. The number of nitrogen functional groups attached to an aromatic ring is 1. The Balaban J connectivity index is 1.64. The van der Waals surface area contributed by atoms with E-state index in [9.17, 15) is 19.4 Å². The molecule has 4 N–H and O–H groups in total. The van der Waals surface area contributed by atoms with Crippen molar-refractivity contribution in [2.24, 2.45) is 0 Å². The molecule has 2 aromatic carbocycles. The van der Waals surface area contributed by atoms with Crippen LogP contribution in [-0.4, -0.2) is 30.0 Å². The number of phenols is 2. The molecule has 6 rings (SSSR count). The molecule has 0 amide bonds. The van der Waals surface area contributed by atoms with E-state index in [0.29, 0.717) is 44.9 Å². The van der Waals surface area contributed by atoms with Crippen LogP contribution < -0.4 is 21.8 Å². The van der Waals surface area contributed by atoms with Gasteiger partial charge in [-0.3, -0.25) is 4.79 Å². The van der Waals surface area contributed by atoms with Gasteiger partial charge in [0.15, 0.2) is 17.1 Å². The summed E-state index contributed by atoms with van der Waals surface area (Å²) in [5.74, 6) is -0.634. The van der Waals surface area contributed by atoms with Crippen LogP contribution in [0.5, 0.6) is 11.5 Å². The largest absolute Gasteiger partial charge is 0.504 e. The zero-order valence-corrected chi connectivity index (χ0v) is 20.2. The Labute approximate surface area is 214 Å². The van der Waals surface area contributed by atoms with Crippen LogP contribution in [0.15, 0.2) is 58.0 Å². The number of nitrogens with zero attached hydrogens (tertiary/aromatic N) is 4. The van der Waals surface area contributed by atoms with Gasteiger partial charge in [0.1, 0.15) is 40.9 Å². The number of phenolic OH excluding ortho intramolecular Hbond substituents is 2. The van der Waals surface area contributed by atoms with Crippen LogP contribution >= 0.6 is 0 Å². The SMILES string of the molecule is CC(c1oc2c(c(=O)c1-c1cccc(F)c1)=CCCC=2)n1nc(-c2ccc(O)c(O)c2)c2c(N)ncnc21. The van der Waals surface area contributed by atoms with Gasteiger partial charge in [-0.1, -0.05) is 18.2 Å². The standard InChI is InChI=1S/C28H22FN5O4/c1-14(26-22(15-5-4-6-17(29)11-15)25(37)18-7-2-3-8-21(18)38-26)34-28-23(27(30)31-13-32-28)24(33-34)16-9-10-19(35)20(36)12-16/h4-14,35-36H,2-3H2,1H3,(H2,30,31,32). The highest BCUT2D eigenvalue weighted by Crippen LogP contribution is 2.37. The molecule has 5 aromatic rings. The van der Waals surface area contributed by atoms with Gasteiger partial charge in [-0.15, -0.1) is 0 Å². The summed E-state index contributed by atoms with van der Waals surface area (Å²) in [4.78, 5) is 22.2. The van der Waals surface area contributed by atoms with Crippen LogP contribution in [0.25, 0.3) is 45.6 Å². The molecule has 3 heterocycles. The van der Waals surface area contributed by atoms with Gasteiger partial charge in [-0.2, -0.15) is 5.10 Å². The average molecular weight is 512 g/mol. The molecule has 0 aliphatic heterocycles. The summed E-state index contributed by atoms with van der Waals surface area (Å²) in [6.45, 7) is 1.79. The molecule has 0 radical (unpaired) electrons. The molecule has 0 saturated carbocycles. The van der Waals surface area contributed by atoms with E-state index < -0.39 is 11.9 Å². The average Bonchev–Trinajstić information content (AvgIpc) is 3.31. The first-order chi connectivity index (χ1) is 18.3. The first-order valence-corrected chi connectivity index (χ1v) is 12.0. The number of aromatic nitrogens is 4. The predicted molar refractivity (Wildman–Crippen MR) is 140 cm³/mol. The van der Waals surface area contributed by atoms with Gasteiger partial charge in [-0.05, 0) is 61.7 Å². The number of anilines is 1. The summed E-state index contributed by atoms with van der Waals surface area (Å²) in [6, 6.07) is 9.42. The highest BCUT2D eigenvalue weighted by molar-refractivity contribution is 5.98. The second-order valence-corrected chi connectivity index (χ2v) is 9.07. The maximum Gasteiger partial charge on any atom is 0.200 e. The van der Waals surface area contributed by atoms with Gasteiger partial charge >= 0.3 is 0 Å². The van der Waals surface area contributed by atoms with Gasteiger partial charge in [-0.25, -0.2) is 19.0 Å². The number of fused-ring (bicyclic) bond motifs is 2. The summed E-state index contributed by atoms with van der Waals surface area (Å²) >= 11 is 0. The number of nitrogens with two attached hydrogens (primary N) is 1. The molecule has 0 bridgehead atoms. The second-order valence-electron chi connectivity index (χ2n) is 9.07. The molecule has 10 heteroatoms. The van der Waals surface area contributed by atoms with Crippen molar-refractivity contribution in [1.29, 1.82) is 0 Å². The van der Waals surface area contributed by atoms with Crippen molar-refractivity contribution in [3.8, 4) is 33.9 Å². The lowest BCUT2D eigenvalue weighted by atomic mass is 9.99. The number of benzene rings is 2. The number of aromatic hydroxyl groups is 2.